The zero-order chi connectivity index (χ0) is 17.8. The van der Waals surface area contributed by atoms with Crippen molar-refractivity contribution < 1.29 is 19.1 Å². The first kappa shape index (κ1) is 18.1. The molecule has 1 unspecified atom stereocenters. The highest BCUT2D eigenvalue weighted by Gasteiger charge is 2.44. The molecule has 0 spiro atoms. The lowest BCUT2D eigenvalue weighted by atomic mass is 9.76. The molecule has 1 amide bonds. The Balaban J connectivity index is 2.21. The van der Waals surface area contributed by atoms with Crippen LogP contribution in [0.1, 0.15) is 40.5 Å². The van der Waals surface area contributed by atoms with Gasteiger partial charge >= 0.3 is 12.1 Å². The monoisotopic (exact) mass is 334 g/mol. The van der Waals surface area contributed by atoms with Crippen LogP contribution in [0.25, 0.3) is 0 Å². The minimum atomic E-state index is -0.931. The molecule has 0 aromatic rings. The molecule has 0 bridgehead atoms. The van der Waals surface area contributed by atoms with Crippen molar-refractivity contribution in [2.75, 3.05) is 6.61 Å². The molecular weight excluding hydrogens is 308 g/mol. The molecule has 24 heavy (non-hydrogen) atoms. The van der Waals surface area contributed by atoms with Gasteiger partial charge in [0.25, 0.3) is 0 Å². The number of carbonyl (C=O) groups excluding carboxylic acids is 2. The summed E-state index contributed by atoms with van der Waals surface area (Å²) in [7, 11) is 0. The van der Waals surface area contributed by atoms with E-state index in [0.717, 1.165) is 12.8 Å². The SMILES string of the molecule is CCOC(=O)C1(C2CCC=CN2)C=CN(C(=O)OC(C)(C)C)C=C1. The van der Waals surface area contributed by atoms with Gasteiger partial charge in [-0.15, -0.1) is 0 Å². The Bertz CT molecular complexity index is 558. The van der Waals surface area contributed by atoms with Gasteiger partial charge in [0.2, 0.25) is 0 Å². The quantitative estimate of drug-likeness (QED) is 0.803. The standard InChI is InChI=1S/C18H26N2O4/c1-5-23-15(21)18(14-8-6-7-11-19-14)9-12-20(13-10-18)16(22)24-17(2,3)4/h7,9-14,19H,5-6,8H2,1-4H3. The molecule has 2 aliphatic heterocycles. The number of rotatable bonds is 3. The van der Waals surface area contributed by atoms with Crippen LogP contribution in [0.3, 0.4) is 0 Å². The van der Waals surface area contributed by atoms with Crippen molar-refractivity contribution in [3.63, 3.8) is 0 Å². The second-order valence-corrected chi connectivity index (χ2v) is 6.87. The third-order valence-corrected chi connectivity index (χ3v) is 3.87. The van der Waals surface area contributed by atoms with Gasteiger partial charge in [-0.1, -0.05) is 6.08 Å². The van der Waals surface area contributed by atoms with Crippen LogP contribution in [-0.4, -0.2) is 35.2 Å². The molecule has 2 aliphatic rings. The molecule has 1 atom stereocenters. The number of nitrogens with zero attached hydrogens (tertiary/aromatic N) is 1. The van der Waals surface area contributed by atoms with Crippen molar-refractivity contribution in [3.8, 4) is 0 Å². The number of nitrogens with one attached hydrogen (secondary N) is 1. The largest absolute Gasteiger partial charge is 0.465 e. The van der Waals surface area contributed by atoms with Crippen molar-refractivity contribution >= 4 is 12.1 Å². The number of esters is 1. The molecule has 132 valence electrons. The summed E-state index contributed by atoms with van der Waals surface area (Å²) in [5.41, 5.74) is -1.51. The van der Waals surface area contributed by atoms with Crippen molar-refractivity contribution in [3.05, 3.63) is 36.8 Å². The fraction of sp³-hybridized carbons (Fsp3) is 0.556. The summed E-state index contributed by atoms with van der Waals surface area (Å²) < 4.78 is 10.6. The lowest BCUT2D eigenvalue weighted by Gasteiger charge is -2.38. The zero-order valence-electron chi connectivity index (χ0n) is 14.7. The Hall–Kier alpha value is -2.24. The topological polar surface area (TPSA) is 67.9 Å². The Labute approximate surface area is 143 Å². The maximum atomic E-state index is 12.6. The molecule has 0 aromatic heterocycles. The first-order valence-corrected chi connectivity index (χ1v) is 8.27. The van der Waals surface area contributed by atoms with Crippen molar-refractivity contribution in [1.82, 2.24) is 10.2 Å². The van der Waals surface area contributed by atoms with E-state index in [4.69, 9.17) is 9.47 Å². The highest BCUT2D eigenvalue weighted by Crippen LogP contribution is 2.35. The van der Waals surface area contributed by atoms with Crippen LogP contribution in [-0.2, 0) is 14.3 Å². The van der Waals surface area contributed by atoms with E-state index in [1.165, 1.54) is 4.90 Å². The average Bonchev–Trinajstić information content (AvgIpc) is 2.54. The predicted molar refractivity (Wildman–Crippen MR) is 90.7 cm³/mol. The van der Waals surface area contributed by atoms with Crippen LogP contribution >= 0.6 is 0 Å². The van der Waals surface area contributed by atoms with Crippen LogP contribution in [0, 0.1) is 5.41 Å². The van der Waals surface area contributed by atoms with Gasteiger partial charge in [-0.05, 0) is 58.9 Å². The van der Waals surface area contributed by atoms with Crippen molar-refractivity contribution in [2.24, 2.45) is 5.41 Å². The van der Waals surface area contributed by atoms with Gasteiger partial charge in [-0.3, -0.25) is 9.69 Å². The van der Waals surface area contributed by atoms with E-state index >= 15 is 0 Å². The first-order chi connectivity index (χ1) is 11.3. The predicted octanol–water partition coefficient (Wildman–Crippen LogP) is 3.08. The average molecular weight is 334 g/mol. The number of allylic oxidation sites excluding steroid dienone is 1. The molecular formula is C18H26N2O4. The molecule has 0 saturated carbocycles. The third-order valence-electron chi connectivity index (χ3n) is 3.87. The van der Waals surface area contributed by atoms with E-state index in [0.29, 0.717) is 6.61 Å². The number of hydrogen-bond donors (Lipinski definition) is 1. The van der Waals surface area contributed by atoms with E-state index in [1.54, 1.807) is 31.5 Å². The molecule has 2 rings (SSSR count). The highest BCUT2D eigenvalue weighted by atomic mass is 16.6. The van der Waals surface area contributed by atoms with Crippen LogP contribution in [0.5, 0.6) is 0 Å². The Morgan fingerprint density at radius 2 is 1.96 bits per heavy atom. The van der Waals surface area contributed by atoms with Gasteiger partial charge in [-0.2, -0.15) is 0 Å². The Morgan fingerprint density at radius 3 is 2.46 bits per heavy atom. The molecule has 0 aliphatic carbocycles. The van der Waals surface area contributed by atoms with Gasteiger partial charge in [0, 0.05) is 18.4 Å². The van der Waals surface area contributed by atoms with E-state index in [1.807, 2.05) is 33.0 Å². The molecule has 1 N–H and O–H groups in total. The summed E-state index contributed by atoms with van der Waals surface area (Å²) in [4.78, 5) is 26.1. The van der Waals surface area contributed by atoms with E-state index in [9.17, 15) is 9.59 Å². The second-order valence-electron chi connectivity index (χ2n) is 6.87. The summed E-state index contributed by atoms with van der Waals surface area (Å²) in [6.45, 7) is 7.51. The van der Waals surface area contributed by atoms with E-state index in [-0.39, 0.29) is 12.0 Å². The van der Waals surface area contributed by atoms with Crippen LogP contribution < -0.4 is 5.32 Å². The first-order valence-electron chi connectivity index (χ1n) is 8.27. The highest BCUT2D eigenvalue weighted by molar-refractivity contribution is 5.84. The summed E-state index contributed by atoms with van der Waals surface area (Å²) in [5.74, 6) is -0.325. The fourth-order valence-electron chi connectivity index (χ4n) is 2.71. The van der Waals surface area contributed by atoms with Gasteiger partial charge < -0.3 is 14.8 Å². The van der Waals surface area contributed by atoms with Crippen LogP contribution in [0.2, 0.25) is 0 Å². The maximum Gasteiger partial charge on any atom is 0.418 e. The second kappa shape index (κ2) is 7.11. The van der Waals surface area contributed by atoms with Gasteiger partial charge in [0.1, 0.15) is 11.0 Å². The zero-order valence-corrected chi connectivity index (χ0v) is 14.7. The Kier molecular flexibility index (Phi) is 5.36. The number of amides is 1. The number of carbonyl (C=O) groups is 2. The lowest BCUT2D eigenvalue weighted by molar-refractivity contribution is -0.151. The van der Waals surface area contributed by atoms with Gasteiger partial charge in [0.15, 0.2) is 0 Å². The molecule has 0 saturated heterocycles. The van der Waals surface area contributed by atoms with Gasteiger partial charge in [-0.25, -0.2) is 4.79 Å². The molecule has 0 radical (unpaired) electrons. The van der Waals surface area contributed by atoms with Crippen LogP contribution in [0.4, 0.5) is 4.79 Å². The molecule has 0 fully saturated rings. The summed E-state index contributed by atoms with van der Waals surface area (Å²) in [6, 6.07) is -0.116. The minimum absolute atomic E-state index is 0.116. The number of ether oxygens (including phenoxy) is 2. The lowest BCUT2D eigenvalue weighted by Crippen LogP contribution is -2.49. The minimum Gasteiger partial charge on any atom is -0.465 e. The van der Waals surface area contributed by atoms with Crippen molar-refractivity contribution in [2.45, 2.75) is 52.2 Å². The van der Waals surface area contributed by atoms with Gasteiger partial charge in [0.05, 0.1) is 6.61 Å². The normalized spacial score (nSPS) is 22.0. The number of hydrogen-bond acceptors (Lipinski definition) is 5. The summed E-state index contributed by atoms with van der Waals surface area (Å²) in [5, 5.41) is 3.23. The van der Waals surface area contributed by atoms with Crippen molar-refractivity contribution in [1.29, 1.82) is 0 Å². The van der Waals surface area contributed by atoms with E-state index < -0.39 is 17.1 Å². The summed E-state index contributed by atoms with van der Waals surface area (Å²) >= 11 is 0. The maximum absolute atomic E-state index is 12.6. The van der Waals surface area contributed by atoms with Crippen LogP contribution in [0.15, 0.2) is 36.8 Å². The molecule has 2 heterocycles. The van der Waals surface area contributed by atoms with E-state index in [2.05, 4.69) is 5.32 Å². The smallest absolute Gasteiger partial charge is 0.418 e. The molecule has 0 aromatic carbocycles. The third kappa shape index (κ3) is 3.99. The Morgan fingerprint density at radius 1 is 1.29 bits per heavy atom. The molecule has 6 nitrogen and oxygen atoms in total. The fourth-order valence-corrected chi connectivity index (χ4v) is 2.71. The molecule has 6 heteroatoms. The summed E-state index contributed by atoms with van der Waals surface area (Å²) in [6.07, 6.45) is 11.7.